The zero-order chi connectivity index (χ0) is 41.3. The summed E-state index contributed by atoms with van der Waals surface area (Å²) in [7, 11) is 2.64. The number of aliphatic hydroxyl groups excluding tert-OH is 7. The number of esters is 1. The molecule has 57 heavy (non-hydrogen) atoms. The first-order chi connectivity index (χ1) is 27.2. The molecule has 19 heteroatoms. The van der Waals surface area contributed by atoms with Crippen LogP contribution in [0.3, 0.4) is 0 Å². The first kappa shape index (κ1) is 41.2. The summed E-state index contributed by atoms with van der Waals surface area (Å²) in [5, 5.41) is 105. The first-order valence-corrected chi connectivity index (χ1v) is 17.3. The highest BCUT2D eigenvalue weighted by atomic mass is 16.7. The van der Waals surface area contributed by atoms with Crippen molar-refractivity contribution in [3.05, 3.63) is 76.0 Å². The van der Waals surface area contributed by atoms with Gasteiger partial charge in [-0.3, -0.25) is 4.79 Å². The van der Waals surface area contributed by atoms with Gasteiger partial charge in [-0.05, 0) is 48.0 Å². The number of benzene rings is 3. The van der Waals surface area contributed by atoms with Crippen molar-refractivity contribution >= 4 is 23.0 Å². The van der Waals surface area contributed by atoms with Crippen LogP contribution in [0.5, 0.6) is 34.5 Å². The second-order valence-electron chi connectivity index (χ2n) is 13.2. The molecule has 2 aliphatic rings. The second kappa shape index (κ2) is 16.9. The summed E-state index contributed by atoms with van der Waals surface area (Å²) in [4.78, 5) is 26.2. The molecule has 0 radical (unpaired) electrons. The Labute approximate surface area is 321 Å². The van der Waals surface area contributed by atoms with Gasteiger partial charge < -0.3 is 83.9 Å². The second-order valence-corrected chi connectivity index (χ2v) is 13.2. The van der Waals surface area contributed by atoms with Crippen molar-refractivity contribution < 1.29 is 88.7 Å². The molecule has 2 saturated heterocycles. The molecule has 0 spiro atoms. The maximum Gasteiger partial charge on any atom is 0.330 e. The Kier molecular flexibility index (Phi) is 12.2. The van der Waals surface area contributed by atoms with E-state index in [1.54, 1.807) is 0 Å². The molecule has 1 aromatic heterocycles. The smallest absolute Gasteiger partial charge is 0.330 e. The molecule has 10 atom stereocenters. The van der Waals surface area contributed by atoms with Crippen molar-refractivity contribution in [1.82, 2.24) is 0 Å². The molecule has 1 unspecified atom stereocenters. The molecular weight excluding hydrogens is 760 g/mol. The number of hydrogen-bond acceptors (Lipinski definition) is 19. The summed E-state index contributed by atoms with van der Waals surface area (Å²) in [5.74, 6) is -2.60. The Morgan fingerprint density at radius 2 is 1.39 bits per heavy atom. The summed E-state index contributed by atoms with van der Waals surface area (Å²) in [6.07, 6.45) is -16.1. The largest absolute Gasteiger partial charge is 0.508 e. The van der Waals surface area contributed by atoms with E-state index in [1.165, 1.54) is 56.7 Å². The van der Waals surface area contributed by atoms with Crippen molar-refractivity contribution in [1.29, 1.82) is 0 Å². The van der Waals surface area contributed by atoms with E-state index in [0.717, 1.165) is 18.2 Å². The minimum atomic E-state index is -2.03. The molecule has 3 aromatic carbocycles. The minimum absolute atomic E-state index is 0.0226. The minimum Gasteiger partial charge on any atom is -0.508 e. The molecule has 3 heterocycles. The van der Waals surface area contributed by atoms with Gasteiger partial charge in [0.2, 0.25) is 12.0 Å². The van der Waals surface area contributed by atoms with Gasteiger partial charge in [0.1, 0.15) is 95.5 Å². The maximum absolute atomic E-state index is 13.5. The van der Waals surface area contributed by atoms with Crippen molar-refractivity contribution in [2.45, 2.75) is 61.2 Å². The van der Waals surface area contributed by atoms with Crippen LogP contribution in [0.25, 0.3) is 28.4 Å². The highest BCUT2D eigenvalue weighted by Crippen LogP contribution is 2.46. The number of aromatic hydroxyl groups is 3. The molecule has 306 valence electrons. The number of hydrogen-bond donors (Lipinski definition) is 10. The summed E-state index contributed by atoms with van der Waals surface area (Å²) in [6, 6.07) is 10.5. The third-order valence-electron chi connectivity index (χ3n) is 9.54. The summed E-state index contributed by atoms with van der Waals surface area (Å²) in [6.45, 7) is -1.56. The van der Waals surface area contributed by atoms with E-state index in [2.05, 4.69) is 0 Å². The third kappa shape index (κ3) is 8.19. The fourth-order valence-electron chi connectivity index (χ4n) is 6.44. The number of carbonyl (C=O) groups is 1. The first-order valence-electron chi connectivity index (χ1n) is 17.3. The Balaban J connectivity index is 1.32. The summed E-state index contributed by atoms with van der Waals surface area (Å²) < 4.78 is 38.7. The Morgan fingerprint density at radius 1 is 0.754 bits per heavy atom. The van der Waals surface area contributed by atoms with Crippen molar-refractivity contribution in [3.63, 3.8) is 0 Å². The van der Waals surface area contributed by atoms with Gasteiger partial charge in [0.25, 0.3) is 0 Å². The van der Waals surface area contributed by atoms with Gasteiger partial charge in [0.05, 0.1) is 26.4 Å². The van der Waals surface area contributed by atoms with E-state index < -0.39 is 108 Å². The fourth-order valence-corrected chi connectivity index (χ4v) is 6.44. The molecule has 2 aliphatic heterocycles. The molecule has 6 rings (SSSR count). The number of aliphatic hydroxyl groups is 7. The van der Waals surface area contributed by atoms with Crippen LogP contribution in [-0.2, 0) is 19.0 Å². The zero-order valence-corrected chi connectivity index (χ0v) is 30.1. The highest BCUT2D eigenvalue weighted by Gasteiger charge is 2.49. The number of fused-ring (bicyclic) bond motifs is 1. The van der Waals surface area contributed by atoms with Crippen LogP contribution in [0, 0.1) is 0 Å². The van der Waals surface area contributed by atoms with Crippen molar-refractivity contribution in [3.8, 4) is 45.8 Å². The monoisotopic (exact) mass is 800 g/mol. The lowest BCUT2D eigenvalue weighted by Gasteiger charge is -2.42. The molecule has 0 saturated carbocycles. The number of ether oxygens (including phenoxy) is 6. The maximum atomic E-state index is 13.5. The van der Waals surface area contributed by atoms with Gasteiger partial charge in [0.15, 0.2) is 16.9 Å². The molecule has 2 fully saturated rings. The van der Waals surface area contributed by atoms with Crippen molar-refractivity contribution in [2.24, 2.45) is 0 Å². The van der Waals surface area contributed by atoms with Crippen LogP contribution in [0.1, 0.15) is 17.2 Å². The van der Waals surface area contributed by atoms with Gasteiger partial charge in [-0.2, -0.15) is 0 Å². The third-order valence-corrected chi connectivity index (χ3v) is 9.54. The molecule has 19 nitrogen and oxygen atoms in total. The zero-order valence-electron chi connectivity index (χ0n) is 30.1. The van der Waals surface area contributed by atoms with Gasteiger partial charge in [0, 0.05) is 23.8 Å². The molecule has 0 bridgehead atoms. The molecular formula is C38H40O19. The average Bonchev–Trinajstić information content (AvgIpc) is 3.19. The SMILES string of the molecule is COc1cc(/C=C/C(=O)OC[C@H]2OC(Oc3cc4oc(-c5ccc(O)cc5)cc(=O)c4c(O)c3[C@@H]3O[C@H](CO)[C@@H](O)[C@H](O)[C@H]3O)[C@H](O)[C@@H](O)[C@@H]2O)cc(OC)c1O. The number of phenols is 3. The van der Waals surface area contributed by atoms with E-state index in [1.807, 2.05) is 0 Å². The van der Waals surface area contributed by atoms with Gasteiger partial charge in [-0.15, -0.1) is 0 Å². The topological polar surface area (TPSA) is 305 Å². The molecule has 0 amide bonds. The quantitative estimate of drug-likeness (QED) is 0.0679. The number of phenolic OH excluding ortho intramolecular Hbond substituents is 3. The van der Waals surface area contributed by atoms with Gasteiger partial charge in [-0.25, -0.2) is 4.79 Å². The van der Waals surface area contributed by atoms with E-state index in [-0.39, 0.29) is 34.3 Å². The van der Waals surface area contributed by atoms with Crippen molar-refractivity contribution in [2.75, 3.05) is 27.4 Å². The van der Waals surface area contributed by atoms with Crippen LogP contribution in [0.4, 0.5) is 0 Å². The Hall–Kier alpha value is -5.48. The van der Waals surface area contributed by atoms with E-state index in [4.69, 9.17) is 32.8 Å². The molecule has 10 N–H and O–H groups in total. The Morgan fingerprint density at radius 3 is 2.02 bits per heavy atom. The predicted molar refractivity (Wildman–Crippen MR) is 192 cm³/mol. The Bertz CT molecular complexity index is 2140. The van der Waals surface area contributed by atoms with E-state index in [9.17, 15) is 60.7 Å². The standard InChI is InChI=1S/C38H40O19/c1-51-22-9-15(10-23(52-2)29(22)43)3-8-26(42)53-14-25-31(45)34(48)36(50)38(57-25)56-21-12-20-27(18(41)11-19(54-20)16-4-6-17(40)7-5-16)32(46)28(21)37-35(49)33(47)30(44)24(13-39)55-37/h3-12,24-25,30-31,33-40,43-50H,13-14H2,1-2H3/b8-3+/t24-,25-,30-,31-,33+,34+,35-,36-,37+,38?/m1/s1. The molecule has 0 aliphatic carbocycles. The fraction of sp³-hybridized carbons (Fsp3) is 0.368. The van der Waals surface area contributed by atoms with Crippen LogP contribution in [-0.4, -0.2) is 140 Å². The van der Waals surface area contributed by atoms with Crippen LogP contribution in [0.15, 0.2) is 63.8 Å². The number of rotatable bonds is 11. The van der Waals surface area contributed by atoms with Crippen LogP contribution < -0.4 is 19.6 Å². The number of carbonyl (C=O) groups excluding carboxylic acids is 1. The van der Waals surface area contributed by atoms with E-state index in [0.29, 0.717) is 11.1 Å². The lowest BCUT2D eigenvalue weighted by Crippen LogP contribution is -2.60. The molecule has 4 aromatic rings. The average molecular weight is 801 g/mol. The van der Waals surface area contributed by atoms with Gasteiger partial charge >= 0.3 is 5.97 Å². The predicted octanol–water partition coefficient (Wildman–Crippen LogP) is -0.448. The lowest BCUT2D eigenvalue weighted by atomic mass is 9.89. The normalized spacial score (nSPS) is 27.7. The highest BCUT2D eigenvalue weighted by molar-refractivity contribution is 5.89. The van der Waals surface area contributed by atoms with Crippen LogP contribution in [0.2, 0.25) is 0 Å². The summed E-state index contributed by atoms with van der Waals surface area (Å²) >= 11 is 0. The van der Waals surface area contributed by atoms with E-state index >= 15 is 0 Å². The lowest BCUT2D eigenvalue weighted by molar-refractivity contribution is -0.279. The van der Waals surface area contributed by atoms with Gasteiger partial charge in [-0.1, -0.05) is 0 Å². The number of methoxy groups -OCH3 is 2. The summed E-state index contributed by atoms with van der Waals surface area (Å²) in [5.41, 5.74) is -0.945. The van der Waals surface area contributed by atoms with Crippen LogP contribution >= 0.6 is 0 Å².